The number of thioether (sulfide) groups is 1. The lowest BCUT2D eigenvalue weighted by Gasteiger charge is -2.35. The van der Waals surface area contributed by atoms with Crippen LogP contribution in [-0.4, -0.2) is 33.6 Å². The van der Waals surface area contributed by atoms with Crippen LogP contribution in [0.5, 0.6) is 0 Å². The second-order valence-electron chi connectivity index (χ2n) is 5.94. The monoisotopic (exact) mass is 332 g/mol. The lowest BCUT2D eigenvalue weighted by Crippen LogP contribution is -2.41. The average molecular weight is 332 g/mol. The van der Waals surface area contributed by atoms with Gasteiger partial charge in [-0.1, -0.05) is 11.8 Å². The van der Waals surface area contributed by atoms with Crippen LogP contribution in [-0.2, 0) is 10.3 Å². The Morgan fingerprint density at radius 2 is 2.35 bits per heavy atom. The number of halogens is 1. The molecule has 1 saturated heterocycles. The topological polar surface area (TPSA) is 76.3 Å². The van der Waals surface area contributed by atoms with E-state index in [9.17, 15) is 4.39 Å². The first kappa shape index (κ1) is 14.7. The summed E-state index contributed by atoms with van der Waals surface area (Å²) < 4.78 is 20.5. The van der Waals surface area contributed by atoms with Crippen LogP contribution in [0.4, 0.5) is 4.39 Å². The van der Waals surface area contributed by atoms with Crippen molar-refractivity contribution in [3.63, 3.8) is 0 Å². The number of hydrogen-bond acceptors (Lipinski definition) is 5. The molecular formula is C16H17FN4OS. The third-order valence-electron chi connectivity index (χ3n) is 4.67. The number of nitrogens with two attached hydrogens (primary N) is 1. The van der Waals surface area contributed by atoms with E-state index in [-0.39, 0.29) is 17.8 Å². The van der Waals surface area contributed by atoms with E-state index >= 15 is 0 Å². The largest absolute Gasteiger partial charge is 0.379 e. The maximum absolute atomic E-state index is 14.7. The lowest BCUT2D eigenvalue weighted by molar-refractivity contribution is 0.107. The Bertz CT molecular complexity index is 763. The molecule has 0 aliphatic carbocycles. The number of nitrogens with one attached hydrogen (secondary N) is 1. The normalized spacial score (nSPS) is 30.1. The Kier molecular flexibility index (Phi) is 3.42. The van der Waals surface area contributed by atoms with Crippen LogP contribution in [0.2, 0.25) is 0 Å². The van der Waals surface area contributed by atoms with Crippen LogP contribution >= 0.6 is 11.8 Å². The molecule has 3 N–H and O–H groups in total. The van der Waals surface area contributed by atoms with Gasteiger partial charge in [-0.15, -0.1) is 0 Å². The number of aromatic amines is 1. The molecule has 0 saturated carbocycles. The molecule has 3 heterocycles. The molecule has 2 aliphatic heterocycles. The van der Waals surface area contributed by atoms with Crippen LogP contribution in [0.3, 0.4) is 0 Å². The zero-order valence-electron chi connectivity index (χ0n) is 12.6. The number of rotatable bonds is 2. The van der Waals surface area contributed by atoms with Gasteiger partial charge in [0, 0.05) is 35.2 Å². The number of benzene rings is 1. The number of ether oxygens (including phenoxy) is 1. The summed E-state index contributed by atoms with van der Waals surface area (Å²) in [5.74, 6) is 1.29. The van der Waals surface area contributed by atoms with E-state index in [2.05, 4.69) is 15.0 Å². The highest BCUT2D eigenvalue weighted by Gasteiger charge is 2.52. The van der Waals surface area contributed by atoms with Gasteiger partial charge in [-0.05, 0) is 25.1 Å². The molecule has 0 amide bonds. The number of aromatic nitrogens is 2. The SMILES string of the molecule is C[C@H]1OC[C@]2(c3cc(-c4ncc[nH]4)ccc3F)N=C(N)SC[C@H]12. The number of H-pyrrole nitrogens is 1. The summed E-state index contributed by atoms with van der Waals surface area (Å²) in [6.45, 7) is 2.36. The van der Waals surface area contributed by atoms with Crippen molar-refractivity contribution in [1.82, 2.24) is 9.97 Å². The fourth-order valence-corrected chi connectivity index (χ4v) is 4.55. The minimum Gasteiger partial charge on any atom is -0.379 e. The van der Waals surface area contributed by atoms with Gasteiger partial charge in [0.1, 0.15) is 17.2 Å². The molecule has 0 radical (unpaired) electrons. The maximum Gasteiger partial charge on any atom is 0.154 e. The molecule has 2 aliphatic rings. The number of fused-ring (bicyclic) bond motifs is 1. The molecule has 120 valence electrons. The van der Waals surface area contributed by atoms with Crippen LogP contribution in [0, 0.1) is 11.7 Å². The Morgan fingerprint density at radius 1 is 1.48 bits per heavy atom. The summed E-state index contributed by atoms with van der Waals surface area (Å²) in [5, 5.41) is 0.488. The van der Waals surface area contributed by atoms with E-state index in [1.54, 1.807) is 18.5 Å². The first-order valence-corrected chi connectivity index (χ1v) is 8.48. The number of imidazole rings is 1. The highest BCUT2D eigenvalue weighted by atomic mass is 32.2. The quantitative estimate of drug-likeness (QED) is 0.886. The van der Waals surface area contributed by atoms with Crippen LogP contribution in [0.1, 0.15) is 12.5 Å². The van der Waals surface area contributed by atoms with Gasteiger partial charge in [0.15, 0.2) is 5.17 Å². The minimum atomic E-state index is -0.749. The van der Waals surface area contributed by atoms with Gasteiger partial charge in [0.2, 0.25) is 0 Å². The Morgan fingerprint density at radius 3 is 3.13 bits per heavy atom. The first-order chi connectivity index (χ1) is 11.1. The molecule has 0 unspecified atom stereocenters. The summed E-state index contributed by atoms with van der Waals surface area (Å²) in [6.07, 6.45) is 3.44. The van der Waals surface area contributed by atoms with Crippen molar-refractivity contribution >= 4 is 16.9 Å². The number of amidine groups is 1. The number of hydrogen-bond donors (Lipinski definition) is 2. The molecule has 7 heteroatoms. The summed E-state index contributed by atoms with van der Waals surface area (Å²) in [5.41, 5.74) is 6.57. The third-order valence-corrected chi connectivity index (χ3v) is 5.58. The van der Waals surface area contributed by atoms with Gasteiger partial charge in [-0.2, -0.15) is 0 Å². The third kappa shape index (κ3) is 2.26. The number of nitrogens with zero attached hydrogens (tertiary/aromatic N) is 2. The van der Waals surface area contributed by atoms with Crippen molar-refractivity contribution in [1.29, 1.82) is 0 Å². The molecule has 1 fully saturated rings. The maximum atomic E-state index is 14.7. The second kappa shape index (κ2) is 5.35. The fourth-order valence-electron chi connectivity index (χ4n) is 3.43. The predicted molar refractivity (Wildman–Crippen MR) is 88.6 cm³/mol. The van der Waals surface area contributed by atoms with Crippen LogP contribution in [0.15, 0.2) is 35.6 Å². The first-order valence-electron chi connectivity index (χ1n) is 7.50. The zero-order valence-corrected chi connectivity index (χ0v) is 13.4. The Hall–Kier alpha value is -1.86. The van der Waals surface area contributed by atoms with Gasteiger partial charge >= 0.3 is 0 Å². The summed E-state index contributed by atoms with van der Waals surface area (Å²) in [7, 11) is 0. The highest BCUT2D eigenvalue weighted by Crippen LogP contribution is 2.48. The van der Waals surface area contributed by atoms with Crippen LogP contribution < -0.4 is 5.73 Å². The van der Waals surface area contributed by atoms with Gasteiger partial charge in [0.05, 0.1) is 12.7 Å². The molecule has 0 bridgehead atoms. The van der Waals surface area contributed by atoms with E-state index < -0.39 is 5.54 Å². The molecule has 2 aromatic rings. The van der Waals surface area contributed by atoms with Crippen molar-refractivity contribution in [3.8, 4) is 11.4 Å². The molecule has 4 rings (SSSR count). The second-order valence-corrected chi connectivity index (χ2v) is 6.98. The number of aliphatic imine (C=N–C) groups is 1. The van der Waals surface area contributed by atoms with Gasteiger partial charge in [-0.3, -0.25) is 0 Å². The van der Waals surface area contributed by atoms with Gasteiger partial charge < -0.3 is 15.5 Å². The zero-order chi connectivity index (χ0) is 16.0. The molecule has 5 nitrogen and oxygen atoms in total. The van der Waals surface area contributed by atoms with Crippen molar-refractivity contribution in [2.24, 2.45) is 16.6 Å². The molecular weight excluding hydrogens is 315 g/mol. The predicted octanol–water partition coefficient (Wildman–Crippen LogP) is 2.51. The average Bonchev–Trinajstić information content (AvgIpc) is 3.17. The van der Waals surface area contributed by atoms with E-state index in [1.165, 1.54) is 17.8 Å². The van der Waals surface area contributed by atoms with Crippen molar-refractivity contribution in [2.75, 3.05) is 12.4 Å². The highest BCUT2D eigenvalue weighted by molar-refractivity contribution is 8.13. The molecule has 23 heavy (non-hydrogen) atoms. The molecule has 1 aromatic carbocycles. The van der Waals surface area contributed by atoms with Crippen molar-refractivity contribution in [2.45, 2.75) is 18.6 Å². The van der Waals surface area contributed by atoms with E-state index in [0.717, 1.165) is 11.3 Å². The van der Waals surface area contributed by atoms with Gasteiger partial charge in [0.25, 0.3) is 0 Å². The standard InChI is InChI=1S/C16H17FN4OS/c1-9-12-7-23-15(18)21-16(12,8-22-9)11-6-10(2-3-13(11)17)14-19-4-5-20-14/h2-6,9,12H,7-8H2,1H3,(H2,18,21)(H,19,20)/t9-,12-,16-/m1/s1. The summed E-state index contributed by atoms with van der Waals surface area (Å²) in [4.78, 5) is 11.9. The van der Waals surface area contributed by atoms with E-state index in [0.29, 0.717) is 23.2 Å². The molecule has 1 aromatic heterocycles. The van der Waals surface area contributed by atoms with Crippen LogP contribution in [0.25, 0.3) is 11.4 Å². The van der Waals surface area contributed by atoms with Gasteiger partial charge in [-0.25, -0.2) is 14.4 Å². The smallest absolute Gasteiger partial charge is 0.154 e. The van der Waals surface area contributed by atoms with Crippen molar-refractivity contribution in [3.05, 3.63) is 42.0 Å². The molecule has 3 atom stereocenters. The minimum absolute atomic E-state index is 0.0195. The summed E-state index contributed by atoms with van der Waals surface area (Å²) >= 11 is 1.51. The Balaban J connectivity index is 1.88. The van der Waals surface area contributed by atoms with Crippen molar-refractivity contribution < 1.29 is 9.13 Å². The fraction of sp³-hybridized carbons (Fsp3) is 0.375. The Labute approximate surface area is 137 Å². The van der Waals surface area contributed by atoms with E-state index in [4.69, 9.17) is 10.5 Å². The van der Waals surface area contributed by atoms with E-state index in [1.807, 2.05) is 13.0 Å². The molecule has 0 spiro atoms. The lowest BCUT2D eigenvalue weighted by atomic mass is 9.78. The summed E-state index contributed by atoms with van der Waals surface area (Å²) in [6, 6.07) is 5.00.